The van der Waals surface area contributed by atoms with Crippen LogP contribution in [0.4, 0.5) is 23.7 Å². The van der Waals surface area contributed by atoms with Gasteiger partial charge in [0, 0.05) is 10.6 Å². The number of carbonyl (C=O) groups is 1. The molecule has 3 rings (SSSR count). The van der Waals surface area contributed by atoms with Gasteiger partial charge in [-0.15, -0.1) is 11.3 Å². The molecule has 3 aromatic rings. The third-order valence-electron chi connectivity index (χ3n) is 3.50. The van der Waals surface area contributed by atoms with Crippen LogP contribution in [0.2, 0.25) is 0 Å². The van der Waals surface area contributed by atoms with Crippen LogP contribution in [0.3, 0.4) is 0 Å². The molecule has 5 nitrogen and oxygen atoms in total. The number of benzene rings is 1. The standard InChI is InChI=1S/C17H14F3N3O2S/c1-10-14(26-15(22-10)13-3-2-8-25-13)9-21-16(24)23-12-6-4-11(5-7-12)17(18,19)20/h2-8H,9H2,1H3,(H2,21,23,24). The predicted octanol–water partition coefficient (Wildman–Crippen LogP) is 5.05. The summed E-state index contributed by atoms with van der Waals surface area (Å²) in [5, 5.41) is 5.87. The highest BCUT2D eigenvalue weighted by atomic mass is 32.1. The Morgan fingerprint density at radius 3 is 2.58 bits per heavy atom. The van der Waals surface area contributed by atoms with Gasteiger partial charge in [-0.2, -0.15) is 13.2 Å². The monoisotopic (exact) mass is 381 g/mol. The van der Waals surface area contributed by atoms with Crippen molar-refractivity contribution in [2.45, 2.75) is 19.6 Å². The second kappa shape index (κ2) is 7.20. The Hall–Kier alpha value is -2.81. The number of amides is 2. The van der Waals surface area contributed by atoms with Crippen LogP contribution >= 0.6 is 11.3 Å². The Morgan fingerprint density at radius 1 is 1.23 bits per heavy atom. The van der Waals surface area contributed by atoms with E-state index in [9.17, 15) is 18.0 Å². The van der Waals surface area contributed by atoms with E-state index in [1.807, 2.05) is 6.92 Å². The average Bonchev–Trinajstić information content (AvgIpc) is 3.22. The van der Waals surface area contributed by atoms with Gasteiger partial charge in [-0.05, 0) is 43.3 Å². The van der Waals surface area contributed by atoms with Crippen molar-refractivity contribution in [3.63, 3.8) is 0 Å². The van der Waals surface area contributed by atoms with Crippen LogP contribution in [-0.2, 0) is 12.7 Å². The van der Waals surface area contributed by atoms with Gasteiger partial charge < -0.3 is 15.1 Å². The fraction of sp³-hybridized carbons (Fsp3) is 0.176. The maximum Gasteiger partial charge on any atom is 0.416 e. The normalized spacial score (nSPS) is 11.4. The number of alkyl halides is 3. The molecule has 9 heteroatoms. The molecule has 2 aromatic heterocycles. The quantitative estimate of drug-likeness (QED) is 0.664. The summed E-state index contributed by atoms with van der Waals surface area (Å²) in [4.78, 5) is 17.2. The van der Waals surface area contributed by atoms with Gasteiger partial charge in [0.15, 0.2) is 10.8 Å². The number of aryl methyl sites for hydroxylation is 1. The van der Waals surface area contributed by atoms with E-state index in [4.69, 9.17) is 4.42 Å². The van der Waals surface area contributed by atoms with E-state index < -0.39 is 17.8 Å². The molecular weight excluding hydrogens is 367 g/mol. The molecule has 0 atom stereocenters. The van der Waals surface area contributed by atoms with Gasteiger partial charge in [0.05, 0.1) is 24.1 Å². The molecule has 0 bridgehead atoms. The van der Waals surface area contributed by atoms with Crippen molar-refractivity contribution >= 4 is 23.1 Å². The zero-order valence-corrected chi connectivity index (χ0v) is 14.4. The van der Waals surface area contributed by atoms with Gasteiger partial charge in [-0.3, -0.25) is 0 Å². The lowest BCUT2D eigenvalue weighted by molar-refractivity contribution is -0.137. The van der Waals surface area contributed by atoms with Crippen LogP contribution < -0.4 is 10.6 Å². The molecular formula is C17H14F3N3O2S. The largest absolute Gasteiger partial charge is 0.462 e. The first-order valence-corrected chi connectivity index (χ1v) is 8.37. The average molecular weight is 381 g/mol. The first-order chi connectivity index (χ1) is 12.3. The highest BCUT2D eigenvalue weighted by Gasteiger charge is 2.29. The maximum atomic E-state index is 12.5. The SMILES string of the molecule is Cc1nc(-c2ccco2)sc1CNC(=O)Nc1ccc(C(F)(F)F)cc1. The fourth-order valence-electron chi connectivity index (χ4n) is 2.18. The minimum Gasteiger partial charge on any atom is -0.462 e. The van der Waals surface area contributed by atoms with Crippen molar-refractivity contribution in [1.29, 1.82) is 0 Å². The summed E-state index contributed by atoms with van der Waals surface area (Å²) in [6.45, 7) is 2.07. The molecule has 2 heterocycles. The summed E-state index contributed by atoms with van der Waals surface area (Å²) in [6, 6.07) is 7.29. The maximum absolute atomic E-state index is 12.5. The Balaban J connectivity index is 1.58. The molecule has 0 spiro atoms. The number of urea groups is 1. The van der Waals surface area contributed by atoms with Gasteiger partial charge in [0.1, 0.15) is 0 Å². The molecule has 1 aromatic carbocycles. The second-order valence-electron chi connectivity index (χ2n) is 5.39. The van der Waals surface area contributed by atoms with Crippen LogP contribution in [0.25, 0.3) is 10.8 Å². The lowest BCUT2D eigenvalue weighted by Gasteiger charge is -2.09. The van der Waals surface area contributed by atoms with Crippen LogP contribution in [0.1, 0.15) is 16.1 Å². The van der Waals surface area contributed by atoms with E-state index in [0.717, 1.165) is 22.7 Å². The second-order valence-corrected chi connectivity index (χ2v) is 6.47. The molecule has 0 saturated carbocycles. The molecule has 2 amide bonds. The highest BCUT2D eigenvalue weighted by molar-refractivity contribution is 7.15. The Labute approximate surface area is 150 Å². The third-order valence-corrected chi connectivity index (χ3v) is 4.68. The topological polar surface area (TPSA) is 67.2 Å². The van der Waals surface area contributed by atoms with Crippen LogP contribution in [0.5, 0.6) is 0 Å². The van der Waals surface area contributed by atoms with Gasteiger partial charge in [0.25, 0.3) is 0 Å². The summed E-state index contributed by atoms with van der Waals surface area (Å²) >= 11 is 1.40. The number of furan rings is 1. The van der Waals surface area contributed by atoms with Gasteiger partial charge in [-0.25, -0.2) is 9.78 Å². The van der Waals surface area contributed by atoms with Gasteiger partial charge >= 0.3 is 12.2 Å². The van der Waals surface area contributed by atoms with Crippen LogP contribution in [0, 0.1) is 6.92 Å². The molecule has 0 radical (unpaired) electrons. The Kier molecular flexibility index (Phi) is 4.99. The van der Waals surface area contributed by atoms with Crippen molar-refractivity contribution in [2.24, 2.45) is 0 Å². The summed E-state index contributed by atoms with van der Waals surface area (Å²) in [5.41, 5.74) is 0.276. The van der Waals surface area contributed by atoms with Crippen molar-refractivity contribution in [1.82, 2.24) is 10.3 Å². The molecule has 2 N–H and O–H groups in total. The number of nitrogens with zero attached hydrogens (tertiary/aromatic N) is 1. The minimum absolute atomic E-state index is 0.247. The van der Waals surface area contributed by atoms with Crippen molar-refractivity contribution in [3.05, 3.63) is 58.8 Å². The molecule has 136 valence electrons. The molecule has 0 unspecified atom stereocenters. The van der Waals surface area contributed by atoms with E-state index in [1.165, 1.54) is 23.5 Å². The number of thiazole rings is 1. The van der Waals surface area contributed by atoms with Crippen molar-refractivity contribution in [3.8, 4) is 10.8 Å². The van der Waals surface area contributed by atoms with Crippen molar-refractivity contribution < 1.29 is 22.4 Å². The summed E-state index contributed by atoms with van der Waals surface area (Å²) in [7, 11) is 0. The minimum atomic E-state index is -4.41. The van der Waals surface area contributed by atoms with Crippen LogP contribution in [0.15, 0.2) is 47.1 Å². The van der Waals surface area contributed by atoms with Crippen LogP contribution in [-0.4, -0.2) is 11.0 Å². The molecule has 0 fully saturated rings. The summed E-state index contributed by atoms with van der Waals surface area (Å²) < 4.78 is 42.9. The van der Waals surface area contributed by atoms with Crippen molar-refractivity contribution in [2.75, 3.05) is 5.32 Å². The number of aromatic nitrogens is 1. The van der Waals surface area contributed by atoms with E-state index in [1.54, 1.807) is 18.4 Å². The van der Waals surface area contributed by atoms with Gasteiger partial charge in [-0.1, -0.05) is 0 Å². The van der Waals surface area contributed by atoms with E-state index in [2.05, 4.69) is 15.6 Å². The highest BCUT2D eigenvalue weighted by Crippen LogP contribution is 2.30. The number of hydrogen-bond donors (Lipinski definition) is 2. The first-order valence-electron chi connectivity index (χ1n) is 7.55. The van der Waals surface area contributed by atoms with E-state index in [-0.39, 0.29) is 12.2 Å². The zero-order valence-electron chi connectivity index (χ0n) is 13.6. The number of hydrogen-bond acceptors (Lipinski definition) is 4. The summed E-state index contributed by atoms with van der Waals surface area (Å²) in [5.74, 6) is 0.651. The lowest BCUT2D eigenvalue weighted by atomic mass is 10.2. The molecule has 0 aliphatic heterocycles. The number of halogens is 3. The predicted molar refractivity (Wildman–Crippen MR) is 91.9 cm³/mol. The number of rotatable bonds is 4. The molecule has 0 saturated heterocycles. The first kappa shape index (κ1) is 18.0. The molecule has 0 aliphatic carbocycles. The Bertz CT molecular complexity index is 887. The van der Waals surface area contributed by atoms with Gasteiger partial charge in [0.2, 0.25) is 0 Å². The fourth-order valence-corrected chi connectivity index (χ4v) is 3.15. The summed E-state index contributed by atoms with van der Waals surface area (Å²) in [6.07, 6.45) is -2.85. The Morgan fingerprint density at radius 2 is 1.96 bits per heavy atom. The lowest BCUT2D eigenvalue weighted by Crippen LogP contribution is -2.28. The number of carbonyl (C=O) groups excluding carboxylic acids is 1. The molecule has 0 aliphatic rings. The third kappa shape index (κ3) is 4.23. The number of nitrogens with one attached hydrogen (secondary N) is 2. The van der Waals surface area contributed by atoms with E-state index >= 15 is 0 Å². The zero-order chi connectivity index (χ0) is 18.7. The van der Waals surface area contributed by atoms with E-state index in [0.29, 0.717) is 10.8 Å². The number of anilines is 1. The molecule has 26 heavy (non-hydrogen) atoms. The smallest absolute Gasteiger partial charge is 0.416 e.